The summed E-state index contributed by atoms with van der Waals surface area (Å²) in [5, 5.41) is 11.0. The lowest BCUT2D eigenvalue weighted by molar-refractivity contribution is -0.385. The molecule has 32 heavy (non-hydrogen) atoms. The second-order valence-corrected chi connectivity index (χ2v) is 9.55. The average Bonchev–Trinajstić information content (AvgIpc) is 3.03. The van der Waals surface area contributed by atoms with Crippen LogP contribution in [0.4, 0.5) is 5.69 Å². The number of hydrogen-bond donors (Lipinski definition) is 0. The summed E-state index contributed by atoms with van der Waals surface area (Å²) in [7, 11) is -3.76. The molecule has 2 aliphatic heterocycles. The van der Waals surface area contributed by atoms with E-state index in [0.29, 0.717) is 35.8 Å². The summed E-state index contributed by atoms with van der Waals surface area (Å²) in [5.74, 6) is 0.650. The van der Waals surface area contributed by atoms with Crippen molar-refractivity contribution in [2.24, 2.45) is 0 Å². The highest BCUT2D eigenvalue weighted by molar-refractivity contribution is 7.89. The lowest BCUT2D eigenvalue weighted by Crippen LogP contribution is -2.50. The van der Waals surface area contributed by atoms with Gasteiger partial charge in [-0.25, -0.2) is 8.42 Å². The maximum Gasteiger partial charge on any atom is 0.272 e. The summed E-state index contributed by atoms with van der Waals surface area (Å²) < 4.78 is 38.7. The first kappa shape index (κ1) is 22.0. The number of nitrogens with zero attached hydrogens (tertiary/aromatic N) is 3. The summed E-state index contributed by atoms with van der Waals surface area (Å²) in [5.41, 5.74) is 0.691. The van der Waals surface area contributed by atoms with Gasteiger partial charge < -0.3 is 14.4 Å². The Morgan fingerprint density at radius 2 is 1.69 bits per heavy atom. The molecule has 0 unspecified atom stereocenters. The van der Waals surface area contributed by atoms with Crippen molar-refractivity contribution in [2.45, 2.75) is 18.2 Å². The summed E-state index contributed by atoms with van der Waals surface area (Å²) >= 11 is 0. The molecule has 1 amide bonds. The first-order valence-corrected chi connectivity index (χ1v) is 11.7. The Bertz CT molecular complexity index is 1160. The van der Waals surface area contributed by atoms with E-state index in [2.05, 4.69) is 0 Å². The fraction of sp³-hybridized carbons (Fsp3) is 0.381. The highest BCUT2D eigenvalue weighted by Gasteiger charge is 2.31. The number of nitro groups is 1. The second-order valence-electron chi connectivity index (χ2n) is 7.61. The topological polar surface area (TPSA) is 119 Å². The van der Waals surface area contributed by atoms with Gasteiger partial charge in [0.1, 0.15) is 0 Å². The second kappa shape index (κ2) is 8.75. The average molecular weight is 461 g/mol. The summed E-state index contributed by atoms with van der Waals surface area (Å²) in [4.78, 5) is 25.0. The van der Waals surface area contributed by atoms with Gasteiger partial charge in [-0.05, 0) is 31.2 Å². The lowest BCUT2D eigenvalue weighted by atomic mass is 10.1. The fourth-order valence-corrected chi connectivity index (χ4v) is 5.20. The molecule has 1 fully saturated rings. The number of ether oxygens (including phenoxy) is 2. The van der Waals surface area contributed by atoms with E-state index in [1.165, 1.54) is 34.6 Å². The van der Waals surface area contributed by atoms with Crippen molar-refractivity contribution in [3.63, 3.8) is 0 Å². The third-order valence-corrected chi connectivity index (χ3v) is 7.42. The van der Waals surface area contributed by atoms with Gasteiger partial charge in [0.2, 0.25) is 10.0 Å². The zero-order chi connectivity index (χ0) is 22.9. The van der Waals surface area contributed by atoms with Crippen molar-refractivity contribution in [1.29, 1.82) is 0 Å². The number of hydrogen-bond acceptors (Lipinski definition) is 7. The molecule has 0 radical (unpaired) electrons. The Labute approximate surface area is 185 Å². The van der Waals surface area contributed by atoms with Crippen LogP contribution < -0.4 is 9.47 Å². The number of amides is 1. The van der Waals surface area contributed by atoms with Gasteiger partial charge in [0.15, 0.2) is 11.5 Å². The summed E-state index contributed by atoms with van der Waals surface area (Å²) in [6.45, 7) is 3.29. The molecule has 0 atom stereocenters. The van der Waals surface area contributed by atoms with E-state index in [1.54, 1.807) is 17.9 Å². The van der Waals surface area contributed by atoms with Crippen molar-refractivity contribution in [2.75, 3.05) is 39.4 Å². The Kier molecular flexibility index (Phi) is 6.02. The molecule has 170 valence electrons. The third-order valence-electron chi connectivity index (χ3n) is 5.52. The van der Waals surface area contributed by atoms with Gasteiger partial charge in [0.05, 0.1) is 23.0 Å². The molecular weight excluding hydrogens is 438 g/mol. The monoisotopic (exact) mass is 461 g/mol. The molecule has 2 heterocycles. The van der Waals surface area contributed by atoms with E-state index < -0.39 is 14.9 Å². The normalized spacial score (nSPS) is 17.0. The van der Waals surface area contributed by atoms with Crippen LogP contribution >= 0.6 is 0 Å². The molecule has 0 spiro atoms. The number of carbonyl (C=O) groups excluding carboxylic acids is 1. The number of carbonyl (C=O) groups is 1. The lowest BCUT2D eigenvalue weighted by Gasteiger charge is -2.34. The van der Waals surface area contributed by atoms with Crippen LogP contribution in [0.3, 0.4) is 0 Å². The van der Waals surface area contributed by atoms with E-state index in [-0.39, 0.29) is 42.7 Å². The van der Waals surface area contributed by atoms with Gasteiger partial charge in [-0.3, -0.25) is 14.9 Å². The van der Waals surface area contributed by atoms with Crippen LogP contribution in [-0.4, -0.2) is 67.8 Å². The minimum absolute atomic E-state index is 0.0485. The van der Waals surface area contributed by atoms with Crippen LogP contribution in [0.15, 0.2) is 41.3 Å². The molecule has 1 saturated heterocycles. The molecule has 2 aromatic rings. The van der Waals surface area contributed by atoms with Crippen LogP contribution in [0.2, 0.25) is 0 Å². The van der Waals surface area contributed by atoms with Crippen LogP contribution in [0.1, 0.15) is 22.3 Å². The van der Waals surface area contributed by atoms with Crippen LogP contribution in [0, 0.1) is 17.0 Å². The first-order valence-electron chi connectivity index (χ1n) is 10.2. The number of fused-ring (bicyclic) bond motifs is 1. The minimum atomic E-state index is -3.76. The zero-order valence-corrected chi connectivity index (χ0v) is 18.3. The van der Waals surface area contributed by atoms with Crippen LogP contribution in [0.25, 0.3) is 0 Å². The standard InChI is InChI=1S/C21H23N3O7S/c1-15-13-16(3-5-18(15)24(26)27)21(25)22-7-9-23(10-8-22)32(28,29)17-4-6-19-20(14-17)31-12-2-11-30-19/h3-6,13-14H,2,7-12H2,1H3. The van der Waals surface area contributed by atoms with Gasteiger partial charge in [0.25, 0.3) is 11.6 Å². The molecule has 2 aromatic carbocycles. The molecule has 0 N–H and O–H groups in total. The number of sulfonamides is 1. The molecule has 0 saturated carbocycles. The number of nitro benzene ring substituents is 1. The van der Waals surface area contributed by atoms with Gasteiger partial charge in [-0.2, -0.15) is 4.31 Å². The first-order chi connectivity index (χ1) is 15.3. The Morgan fingerprint density at radius 1 is 1.00 bits per heavy atom. The number of rotatable bonds is 4. The third kappa shape index (κ3) is 4.26. The Hall–Kier alpha value is -3.18. The number of piperazine rings is 1. The van der Waals surface area contributed by atoms with Crippen molar-refractivity contribution in [1.82, 2.24) is 9.21 Å². The molecule has 4 rings (SSSR count). The Balaban J connectivity index is 1.45. The minimum Gasteiger partial charge on any atom is -0.490 e. The highest BCUT2D eigenvalue weighted by Crippen LogP contribution is 2.33. The van der Waals surface area contributed by atoms with Crippen molar-refractivity contribution in [3.05, 3.63) is 57.6 Å². The maximum atomic E-state index is 13.1. The summed E-state index contributed by atoms with van der Waals surface area (Å²) in [6.07, 6.45) is 0.723. The zero-order valence-electron chi connectivity index (χ0n) is 17.5. The van der Waals surface area contributed by atoms with Gasteiger partial charge in [0, 0.05) is 55.9 Å². The van der Waals surface area contributed by atoms with Gasteiger partial charge in [-0.1, -0.05) is 0 Å². The SMILES string of the molecule is Cc1cc(C(=O)N2CCN(S(=O)(=O)c3ccc4c(c3)OCCCO4)CC2)ccc1[N+](=O)[O-]. The molecule has 10 nitrogen and oxygen atoms in total. The number of benzene rings is 2. The van der Waals surface area contributed by atoms with Crippen molar-refractivity contribution < 1.29 is 27.6 Å². The van der Waals surface area contributed by atoms with Crippen LogP contribution in [0.5, 0.6) is 11.5 Å². The molecule has 2 aliphatic rings. The predicted molar refractivity (Wildman–Crippen MR) is 115 cm³/mol. The van der Waals surface area contributed by atoms with Crippen molar-refractivity contribution in [3.8, 4) is 11.5 Å². The molecule has 11 heteroatoms. The van der Waals surface area contributed by atoms with E-state index >= 15 is 0 Å². The fourth-order valence-electron chi connectivity index (χ4n) is 3.76. The number of aryl methyl sites for hydroxylation is 1. The summed E-state index contributed by atoms with van der Waals surface area (Å²) in [6, 6.07) is 8.81. The van der Waals surface area contributed by atoms with Gasteiger partial charge >= 0.3 is 0 Å². The highest BCUT2D eigenvalue weighted by atomic mass is 32.2. The maximum absolute atomic E-state index is 13.1. The van der Waals surface area contributed by atoms with E-state index in [9.17, 15) is 23.3 Å². The Morgan fingerprint density at radius 3 is 2.34 bits per heavy atom. The predicted octanol–water partition coefficient (Wildman–Crippen LogP) is 2.21. The molecule has 0 aliphatic carbocycles. The largest absolute Gasteiger partial charge is 0.490 e. The molecule has 0 aromatic heterocycles. The van der Waals surface area contributed by atoms with E-state index in [0.717, 1.165) is 6.42 Å². The van der Waals surface area contributed by atoms with E-state index in [4.69, 9.17) is 9.47 Å². The smallest absolute Gasteiger partial charge is 0.272 e. The molecule has 0 bridgehead atoms. The quantitative estimate of drug-likeness (QED) is 0.506. The van der Waals surface area contributed by atoms with E-state index in [1.807, 2.05) is 0 Å². The molecular formula is C21H23N3O7S. The van der Waals surface area contributed by atoms with Crippen molar-refractivity contribution >= 4 is 21.6 Å². The van der Waals surface area contributed by atoms with Crippen LogP contribution in [-0.2, 0) is 10.0 Å². The van der Waals surface area contributed by atoms with Gasteiger partial charge in [-0.15, -0.1) is 0 Å².